The summed E-state index contributed by atoms with van der Waals surface area (Å²) in [5.41, 5.74) is 2.11. The van der Waals surface area contributed by atoms with Gasteiger partial charge in [0, 0.05) is 17.4 Å². The van der Waals surface area contributed by atoms with Gasteiger partial charge in [-0.1, -0.05) is 30.3 Å². The molecule has 6 heteroatoms. The van der Waals surface area contributed by atoms with Gasteiger partial charge in [0.15, 0.2) is 0 Å². The molecule has 0 bridgehead atoms. The lowest BCUT2D eigenvalue weighted by atomic mass is 10.2. The number of carbonyl (C=O) groups is 1. The van der Waals surface area contributed by atoms with Crippen molar-refractivity contribution in [3.8, 4) is 5.75 Å². The lowest BCUT2D eigenvalue weighted by molar-refractivity contribution is 0.0976. The number of rotatable bonds is 5. The van der Waals surface area contributed by atoms with Gasteiger partial charge >= 0.3 is 0 Å². The Morgan fingerprint density at radius 3 is 2.59 bits per heavy atom. The minimum atomic E-state index is -0.280. The number of anilines is 1. The highest BCUT2D eigenvalue weighted by atomic mass is 16.5. The molecule has 0 aliphatic rings. The maximum absolute atomic E-state index is 12.6. The maximum Gasteiger partial charge on any atom is 0.258 e. The summed E-state index contributed by atoms with van der Waals surface area (Å²) in [4.78, 5) is 21.4. The quantitative estimate of drug-likeness (QED) is 0.539. The predicted octanol–water partition coefficient (Wildman–Crippen LogP) is 3.49. The van der Waals surface area contributed by atoms with Crippen molar-refractivity contribution in [3.63, 3.8) is 0 Å². The summed E-state index contributed by atoms with van der Waals surface area (Å²) in [5, 5.41) is 5.96. The van der Waals surface area contributed by atoms with E-state index in [9.17, 15) is 4.79 Å². The first-order chi connectivity index (χ1) is 13.2. The lowest BCUT2D eigenvalue weighted by Gasteiger charge is -2.12. The summed E-state index contributed by atoms with van der Waals surface area (Å²) in [6, 6.07) is 22.1. The molecule has 3 rings (SSSR count). The van der Waals surface area contributed by atoms with Crippen LogP contribution in [0.15, 0.2) is 84.0 Å². The smallest absolute Gasteiger partial charge is 0.258 e. The Hall–Kier alpha value is -3.67. The van der Waals surface area contributed by atoms with E-state index in [2.05, 4.69) is 20.6 Å². The van der Waals surface area contributed by atoms with Gasteiger partial charge in [-0.25, -0.2) is 4.99 Å². The van der Waals surface area contributed by atoms with Crippen molar-refractivity contribution < 1.29 is 9.53 Å². The van der Waals surface area contributed by atoms with E-state index in [0.717, 1.165) is 11.4 Å². The van der Waals surface area contributed by atoms with Crippen LogP contribution in [0.4, 0.5) is 5.69 Å². The van der Waals surface area contributed by atoms with Gasteiger partial charge in [0.1, 0.15) is 5.75 Å². The molecule has 1 aromatic heterocycles. The van der Waals surface area contributed by atoms with Crippen molar-refractivity contribution in [1.29, 1.82) is 0 Å². The first kappa shape index (κ1) is 18.1. The second kappa shape index (κ2) is 9.15. The molecule has 0 aliphatic heterocycles. The molecule has 2 N–H and O–H groups in total. The normalized spacial score (nSPS) is 10.9. The summed E-state index contributed by atoms with van der Waals surface area (Å²) in [6.45, 7) is 0.342. The van der Waals surface area contributed by atoms with Crippen LogP contribution in [0.3, 0.4) is 0 Å². The predicted molar refractivity (Wildman–Crippen MR) is 106 cm³/mol. The maximum atomic E-state index is 12.6. The summed E-state index contributed by atoms with van der Waals surface area (Å²) < 4.78 is 5.18. The van der Waals surface area contributed by atoms with E-state index in [4.69, 9.17) is 4.74 Å². The number of nitrogens with zero attached hydrogens (tertiary/aromatic N) is 2. The summed E-state index contributed by atoms with van der Waals surface area (Å²) >= 11 is 0. The topological polar surface area (TPSA) is 75.6 Å². The third-order valence-corrected chi connectivity index (χ3v) is 3.73. The molecule has 27 heavy (non-hydrogen) atoms. The van der Waals surface area contributed by atoms with E-state index in [1.807, 2.05) is 48.5 Å². The molecular formula is C21H20N4O2. The van der Waals surface area contributed by atoms with Gasteiger partial charge in [-0.05, 0) is 42.5 Å². The van der Waals surface area contributed by atoms with Gasteiger partial charge in [0.2, 0.25) is 5.96 Å². The minimum Gasteiger partial charge on any atom is -0.497 e. The van der Waals surface area contributed by atoms with Crippen LogP contribution in [0.2, 0.25) is 0 Å². The molecule has 1 heterocycles. The number of para-hydroxylation sites is 1. The van der Waals surface area contributed by atoms with Crippen molar-refractivity contribution in [1.82, 2.24) is 10.3 Å². The van der Waals surface area contributed by atoms with E-state index in [1.54, 1.807) is 37.6 Å². The van der Waals surface area contributed by atoms with E-state index >= 15 is 0 Å². The van der Waals surface area contributed by atoms with Gasteiger partial charge in [-0.2, -0.15) is 0 Å². The number of hydrogen-bond donors (Lipinski definition) is 2. The van der Waals surface area contributed by atoms with Crippen LogP contribution in [0, 0.1) is 0 Å². The highest BCUT2D eigenvalue weighted by molar-refractivity contribution is 6.10. The fourth-order valence-electron chi connectivity index (χ4n) is 2.36. The van der Waals surface area contributed by atoms with Crippen molar-refractivity contribution in [2.45, 2.75) is 6.54 Å². The number of methoxy groups -OCH3 is 1. The fourth-order valence-corrected chi connectivity index (χ4v) is 2.36. The molecular weight excluding hydrogens is 340 g/mol. The second-order valence-corrected chi connectivity index (χ2v) is 5.66. The van der Waals surface area contributed by atoms with Crippen LogP contribution in [-0.2, 0) is 6.54 Å². The van der Waals surface area contributed by atoms with Gasteiger partial charge in [0.05, 0.1) is 19.3 Å². The van der Waals surface area contributed by atoms with Crippen molar-refractivity contribution in [2.75, 3.05) is 12.4 Å². The monoisotopic (exact) mass is 360 g/mol. The number of guanidine groups is 1. The zero-order valence-electron chi connectivity index (χ0n) is 14.9. The summed E-state index contributed by atoms with van der Waals surface area (Å²) in [7, 11) is 1.56. The molecule has 0 fully saturated rings. The van der Waals surface area contributed by atoms with Crippen LogP contribution >= 0.6 is 0 Å². The standard InChI is InChI=1S/C21H20N4O2/c1-27-19-12-7-8-16(14-19)20(26)25-21(24-17-9-3-2-4-10-17)23-15-18-11-5-6-13-22-18/h2-14H,15H2,1H3,(H2,23,24,25,26). The summed E-state index contributed by atoms with van der Waals surface area (Å²) in [6.07, 6.45) is 1.71. The molecule has 0 atom stereocenters. The van der Waals surface area contributed by atoms with Gasteiger partial charge in [0.25, 0.3) is 5.91 Å². The van der Waals surface area contributed by atoms with E-state index in [-0.39, 0.29) is 5.91 Å². The molecule has 1 amide bonds. The SMILES string of the molecule is COc1cccc(C(=O)NC(=NCc2ccccn2)Nc2ccccc2)c1. The average molecular weight is 360 g/mol. The molecule has 136 valence electrons. The minimum absolute atomic E-state index is 0.280. The second-order valence-electron chi connectivity index (χ2n) is 5.66. The van der Waals surface area contributed by atoms with Crippen LogP contribution in [0.1, 0.15) is 16.1 Å². The van der Waals surface area contributed by atoms with Crippen LogP contribution < -0.4 is 15.4 Å². The number of pyridine rings is 1. The van der Waals surface area contributed by atoms with E-state index < -0.39 is 0 Å². The molecule has 2 aromatic carbocycles. The zero-order chi connectivity index (χ0) is 18.9. The molecule has 0 spiro atoms. The van der Waals surface area contributed by atoms with Crippen molar-refractivity contribution >= 4 is 17.6 Å². The Morgan fingerprint density at radius 2 is 1.85 bits per heavy atom. The van der Waals surface area contributed by atoms with Crippen LogP contribution in [-0.4, -0.2) is 24.0 Å². The fraction of sp³-hybridized carbons (Fsp3) is 0.0952. The van der Waals surface area contributed by atoms with Crippen LogP contribution in [0.5, 0.6) is 5.75 Å². The number of carbonyl (C=O) groups excluding carboxylic acids is 1. The molecule has 0 radical (unpaired) electrons. The first-order valence-corrected chi connectivity index (χ1v) is 8.46. The Kier molecular flexibility index (Phi) is 6.14. The number of aromatic nitrogens is 1. The molecule has 0 unspecified atom stereocenters. The van der Waals surface area contributed by atoms with Gasteiger partial charge in [-0.15, -0.1) is 0 Å². The van der Waals surface area contributed by atoms with Crippen molar-refractivity contribution in [2.24, 2.45) is 4.99 Å². The number of amides is 1. The third kappa shape index (κ3) is 5.40. The molecule has 0 saturated carbocycles. The third-order valence-electron chi connectivity index (χ3n) is 3.73. The number of benzene rings is 2. The molecule has 6 nitrogen and oxygen atoms in total. The Labute approximate surface area is 157 Å². The highest BCUT2D eigenvalue weighted by Crippen LogP contribution is 2.12. The van der Waals surface area contributed by atoms with E-state index in [0.29, 0.717) is 23.8 Å². The number of ether oxygens (including phenoxy) is 1. The van der Waals surface area contributed by atoms with Crippen molar-refractivity contribution in [3.05, 3.63) is 90.3 Å². The molecule has 0 aliphatic carbocycles. The Bertz CT molecular complexity index is 912. The highest BCUT2D eigenvalue weighted by Gasteiger charge is 2.10. The number of nitrogens with one attached hydrogen (secondary N) is 2. The average Bonchev–Trinajstić information content (AvgIpc) is 2.73. The van der Waals surface area contributed by atoms with Crippen LogP contribution in [0.25, 0.3) is 0 Å². The van der Waals surface area contributed by atoms with E-state index in [1.165, 1.54) is 0 Å². The number of hydrogen-bond acceptors (Lipinski definition) is 4. The van der Waals surface area contributed by atoms with Gasteiger partial charge in [-0.3, -0.25) is 15.1 Å². The number of aliphatic imine (C=N–C) groups is 1. The zero-order valence-corrected chi connectivity index (χ0v) is 14.9. The van der Waals surface area contributed by atoms with Gasteiger partial charge < -0.3 is 10.1 Å². The Morgan fingerprint density at radius 1 is 1.04 bits per heavy atom. The summed E-state index contributed by atoms with van der Waals surface area (Å²) in [5.74, 6) is 0.683. The molecule has 0 saturated heterocycles. The first-order valence-electron chi connectivity index (χ1n) is 8.46. The lowest BCUT2D eigenvalue weighted by Crippen LogP contribution is -2.36. The Balaban J connectivity index is 1.78. The largest absolute Gasteiger partial charge is 0.497 e. The molecule has 3 aromatic rings.